The Morgan fingerprint density at radius 2 is 1.94 bits per heavy atom. The Bertz CT molecular complexity index is 551. The van der Waals surface area contributed by atoms with Crippen molar-refractivity contribution in [3.63, 3.8) is 0 Å². The number of aldehydes is 1. The van der Waals surface area contributed by atoms with Crippen LogP contribution in [0.25, 0.3) is 0 Å². The third kappa shape index (κ3) is 2.65. The number of hydrogen-bond donors (Lipinski definition) is 0. The first kappa shape index (κ1) is 12.5. The van der Waals surface area contributed by atoms with Crippen molar-refractivity contribution in [2.24, 2.45) is 7.05 Å². The summed E-state index contributed by atoms with van der Waals surface area (Å²) in [5, 5.41) is 1.57. The minimum Gasteiger partial charge on any atom is -0.318 e. The van der Waals surface area contributed by atoms with E-state index in [1.807, 2.05) is 12.1 Å². The van der Waals surface area contributed by atoms with Gasteiger partial charge in [0.15, 0.2) is 16.6 Å². The lowest BCUT2D eigenvalue weighted by molar-refractivity contribution is 0.111. The van der Waals surface area contributed by atoms with E-state index in [0.29, 0.717) is 22.2 Å². The monoisotopic (exact) mass is 286 g/mol. The van der Waals surface area contributed by atoms with E-state index in [-0.39, 0.29) is 5.15 Å². The lowest BCUT2D eigenvalue weighted by Gasteiger charge is -2.02. The van der Waals surface area contributed by atoms with Gasteiger partial charge in [0.1, 0.15) is 5.69 Å². The third-order valence-corrected chi connectivity index (χ3v) is 3.77. The highest BCUT2D eigenvalue weighted by atomic mass is 35.5. The molecule has 88 valence electrons. The molecular weight excluding hydrogens is 279 g/mol. The van der Waals surface area contributed by atoms with Crippen molar-refractivity contribution in [2.45, 2.75) is 10.1 Å². The summed E-state index contributed by atoms with van der Waals surface area (Å²) in [6.45, 7) is 0. The second-order valence-corrected chi connectivity index (χ2v) is 5.14. The molecule has 2 rings (SSSR count). The number of carbonyl (C=O) groups is 1. The molecule has 0 saturated carbocycles. The molecule has 6 heteroatoms. The molecule has 0 aliphatic heterocycles. The summed E-state index contributed by atoms with van der Waals surface area (Å²) in [6, 6.07) is 7.37. The highest BCUT2D eigenvalue weighted by molar-refractivity contribution is 7.99. The van der Waals surface area contributed by atoms with Crippen LogP contribution in [-0.4, -0.2) is 15.8 Å². The van der Waals surface area contributed by atoms with E-state index in [1.54, 1.807) is 23.7 Å². The van der Waals surface area contributed by atoms with Crippen LogP contribution in [0.1, 0.15) is 10.5 Å². The van der Waals surface area contributed by atoms with Crippen LogP contribution in [0.5, 0.6) is 0 Å². The Labute approximate surface area is 113 Å². The maximum atomic E-state index is 10.8. The maximum absolute atomic E-state index is 10.8. The van der Waals surface area contributed by atoms with E-state index >= 15 is 0 Å². The van der Waals surface area contributed by atoms with Crippen molar-refractivity contribution < 1.29 is 4.79 Å². The van der Waals surface area contributed by atoms with Crippen molar-refractivity contribution in [2.75, 3.05) is 0 Å². The summed E-state index contributed by atoms with van der Waals surface area (Å²) in [5.74, 6) is 0. The van der Waals surface area contributed by atoms with Gasteiger partial charge < -0.3 is 4.57 Å². The molecule has 0 radical (unpaired) electrons. The average Bonchev–Trinajstić information content (AvgIpc) is 2.57. The third-order valence-electron chi connectivity index (χ3n) is 2.19. The minimum atomic E-state index is 0.221. The topological polar surface area (TPSA) is 34.9 Å². The van der Waals surface area contributed by atoms with Gasteiger partial charge in [0, 0.05) is 17.0 Å². The van der Waals surface area contributed by atoms with Crippen LogP contribution in [0.3, 0.4) is 0 Å². The van der Waals surface area contributed by atoms with E-state index < -0.39 is 0 Å². The Hall–Kier alpha value is -0.970. The summed E-state index contributed by atoms with van der Waals surface area (Å²) in [5.41, 5.74) is 0.378. The predicted octanol–water partition coefficient (Wildman–Crippen LogP) is 3.69. The second kappa shape index (κ2) is 5.12. The molecule has 0 spiro atoms. The van der Waals surface area contributed by atoms with Crippen LogP contribution in [0.2, 0.25) is 10.2 Å². The van der Waals surface area contributed by atoms with E-state index in [9.17, 15) is 4.79 Å². The highest BCUT2D eigenvalue weighted by Gasteiger charge is 2.13. The van der Waals surface area contributed by atoms with Crippen LogP contribution in [0.15, 0.2) is 34.3 Å². The summed E-state index contributed by atoms with van der Waals surface area (Å²) in [6.07, 6.45) is 0.696. The smallest absolute Gasteiger partial charge is 0.174 e. The van der Waals surface area contributed by atoms with Crippen LogP contribution < -0.4 is 0 Å². The van der Waals surface area contributed by atoms with Gasteiger partial charge >= 0.3 is 0 Å². The van der Waals surface area contributed by atoms with Crippen molar-refractivity contribution in [3.8, 4) is 0 Å². The Morgan fingerprint density at radius 1 is 1.29 bits per heavy atom. The molecule has 0 atom stereocenters. The van der Waals surface area contributed by atoms with Gasteiger partial charge in [-0.2, -0.15) is 0 Å². The SMILES string of the molecule is Cn1c(Sc2ccc(Cl)cc2)nc(Cl)c1C=O. The number of benzene rings is 1. The van der Waals surface area contributed by atoms with E-state index in [4.69, 9.17) is 23.2 Å². The van der Waals surface area contributed by atoms with Gasteiger partial charge in [-0.15, -0.1) is 0 Å². The van der Waals surface area contributed by atoms with E-state index in [0.717, 1.165) is 4.90 Å². The lowest BCUT2D eigenvalue weighted by atomic mass is 10.4. The second-order valence-electron chi connectivity index (χ2n) is 3.30. The van der Waals surface area contributed by atoms with Crippen LogP contribution in [0, 0.1) is 0 Å². The zero-order valence-electron chi connectivity index (χ0n) is 8.85. The number of carbonyl (C=O) groups excluding carboxylic acids is 1. The van der Waals surface area contributed by atoms with Crippen molar-refractivity contribution >= 4 is 41.2 Å². The number of imidazole rings is 1. The molecular formula is C11H8Cl2N2OS. The average molecular weight is 287 g/mol. The summed E-state index contributed by atoms with van der Waals surface area (Å²) in [7, 11) is 1.75. The largest absolute Gasteiger partial charge is 0.318 e. The zero-order chi connectivity index (χ0) is 12.4. The van der Waals surface area contributed by atoms with Crippen LogP contribution in [0.4, 0.5) is 0 Å². The lowest BCUT2D eigenvalue weighted by Crippen LogP contribution is -1.96. The van der Waals surface area contributed by atoms with Gasteiger partial charge in [-0.1, -0.05) is 35.0 Å². The molecule has 1 aromatic carbocycles. The Morgan fingerprint density at radius 3 is 2.47 bits per heavy atom. The molecule has 0 fully saturated rings. The van der Waals surface area contributed by atoms with Gasteiger partial charge in [0.05, 0.1) is 0 Å². The number of aromatic nitrogens is 2. The number of halogens is 2. The van der Waals surface area contributed by atoms with Gasteiger partial charge in [-0.25, -0.2) is 4.98 Å². The number of rotatable bonds is 3. The van der Waals surface area contributed by atoms with Gasteiger partial charge in [0.2, 0.25) is 0 Å². The van der Waals surface area contributed by atoms with Gasteiger partial charge in [-0.05, 0) is 24.3 Å². The molecule has 17 heavy (non-hydrogen) atoms. The molecule has 0 unspecified atom stereocenters. The molecule has 0 aliphatic rings. The van der Waals surface area contributed by atoms with Crippen molar-refractivity contribution in [1.82, 2.24) is 9.55 Å². The zero-order valence-corrected chi connectivity index (χ0v) is 11.2. The Kier molecular flexibility index (Phi) is 3.76. The fraction of sp³-hybridized carbons (Fsp3) is 0.0909. The molecule has 1 heterocycles. The number of nitrogens with zero attached hydrogens (tertiary/aromatic N) is 2. The molecule has 0 bridgehead atoms. The first-order valence-electron chi connectivity index (χ1n) is 4.72. The van der Waals surface area contributed by atoms with Gasteiger partial charge in [-0.3, -0.25) is 4.79 Å². The van der Waals surface area contributed by atoms with Crippen LogP contribution in [-0.2, 0) is 7.05 Å². The first-order chi connectivity index (χ1) is 8.11. The molecule has 3 nitrogen and oxygen atoms in total. The van der Waals surface area contributed by atoms with Crippen molar-refractivity contribution in [1.29, 1.82) is 0 Å². The summed E-state index contributed by atoms with van der Waals surface area (Å²) in [4.78, 5) is 15.9. The fourth-order valence-electron chi connectivity index (χ4n) is 1.28. The normalized spacial score (nSPS) is 10.5. The van der Waals surface area contributed by atoms with Crippen molar-refractivity contribution in [3.05, 3.63) is 40.1 Å². The Balaban J connectivity index is 2.30. The predicted molar refractivity (Wildman–Crippen MR) is 69.2 cm³/mol. The van der Waals surface area contributed by atoms with E-state index in [1.165, 1.54) is 11.8 Å². The number of hydrogen-bond acceptors (Lipinski definition) is 3. The summed E-state index contributed by atoms with van der Waals surface area (Å²) >= 11 is 13.1. The first-order valence-corrected chi connectivity index (χ1v) is 6.30. The summed E-state index contributed by atoms with van der Waals surface area (Å²) < 4.78 is 1.66. The highest BCUT2D eigenvalue weighted by Crippen LogP contribution is 2.29. The molecule has 2 aromatic rings. The molecule has 1 aromatic heterocycles. The molecule has 0 N–H and O–H groups in total. The quantitative estimate of drug-likeness (QED) is 0.807. The maximum Gasteiger partial charge on any atom is 0.174 e. The van der Waals surface area contributed by atoms with Crippen LogP contribution >= 0.6 is 35.0 Å². The molecule has 0 saturated heterocycles. The standard InChI is InChI=1S/C11H8Cl2N2OS/c1-15-9(6-16)10(13)14-11(15)17-8-4-2-7(12)3-5-8/h2-6H,1H3. The molecule has 0 amide bonds. The minimum absolute atomic E-state index is 0.221. The fourth-order valence-corrected chi connectivity index (χ4v) is 2.57. The van der Waals surface area contributed by atoms with Gasteiger partial charge in [0.25, 0.3) is 0 Å². The molecule has 0 aliphatic carbocycles. The van der Waals surface area contributed by atoms with E-state index in [2.05, 4.69) is 4.98 Å².